The minimum absolute atomic E-state index is 0.0258. The van der Waals surface area contributed by atoms with Crippen molar-refractivity contribution >= 4 is 17.2 Å². The van der Waals surface area contributed by atoms with Gasteiger partial charge in [-0.05, 0) is 43.6 Å². The third-order valence-electron chi connectivity index (χ3n) is 5.47. The minimum atomic E-state index is -0.0852. The molecule has 1 aliphatic heterocycles. The molecule has 0 bridgehead atoms. The Hall–Kier alpha value is -2.20. The first-order valence-electron chi connectivity index (χ1n) is 11.0. The number of likely N-dealkylation sites (tertiary alicyclic amines) is 1. The van der Waals surface area contributed by atoms with Crippen molar-refractivity contribution in [1.82, 2.24) is 14.8 Å². The number of nitrogens with zero attached hydrogens (tertiary/aromatic N) is 3. The van der Waals surface area contributed by atoms with Crippen molar-refractivity contribution in [3.05, 3.63) is 39.8 Å². The molecule has 1 aromatic heterocycles. The van der Waals surface area contributed by atoms with Crippen LogP contribution in [0.2, 0.25) is 0 Å². The molecule has 1 aliphatic rings. The van der Waals surface area contributed by atoms with Gasteiger partial charge >= 0.3 is 0 Å². The molecule has 1 fully saturated rings. The maximum atomic E-state index is 12.7. The van der Waals surface area contributed by atoms with Crippen LogP contribution >= 0.6 is 11.3 Å². The number of aromatic nitrogens is 1. The lowest BCUT2D eigenvalue weighted by molar-refractivity contribution is -0.136. The number of amides is 1. The van der Waals surface area contributed by atoms with Crippen LogP contribution in [-0.4, -0.2) is 72.8 Å². The summed E-state index contributed by atoms with van der Waals surface area (Å²) in [5.41, 5.74) is 1.59. The number of methoxy groups -OCH3 is 2. The van der Waals surface area contributed by atoms with Gasteiger partial charge in [-0.2, -0.15) is 0 Å². The lowest BCUT2D eigenvalue weighted by Gasteiger charge is -2.30. The predicted octanol–water partition coefficient (Wildman–Crippen LogP) is 2.68. The number of carbonyl (C=O) groups is 1. The molecule has 3 rings (SSSR count). The molecular formula is C23H33N3O5S. The fraction of sp³-hybridized carbons (Fsp3) is 0.565. The maximum absolute atomic E-state index is 12.7. The Labute approximate surface area is 193 Å². The van der Waals surface area contributed by atoms with Crippen LogP contribution in [0.4, 0.5) is 0 Å². The molecule has 0 atom stereocenters. The summed E-state index contributed by atoms with van der Waals surface area (Å²) in [5.74, 6) is 1.19. The summed E-state index contributed by atoms with van der Waals surface area (Å²) >= 11 is 1.44. The highest BCUT2D eigenvalue weighted by Gasteiger charge is 2.18. The van der Waals surface area contributed by atoms with Gasteiger partial charge in [0.05, 0.1) is 19.4 Å². The van der Waals surface area contributed by atoms with E-state index in [-0.39, 0.29) is 25.7 Å². The summed E-state index contributed by atoms with van der Waals surface area (Å²) in [4.78, 5) is 21.3. The lowest BCUT2D eigenvalue weighted by Crippen LogP contribution is -2.41. The quantitative estimate of drug-likeness (QED) is 0.518. The second-order valence-corrected chi connectivity index (χ2v) is 8.76. The van der Waals surface area contributed by atoms with Crippen LogP contribution in [0.1, 0.15) is 35.5 Å². The highest BCUT2D eigenvalue weighted by molar-refractivity contribution is 7.09. The van der Waals surface area contributed by atoms with Crippen LogP contribution < -0.4 is 9.47 Å². The number of piperidine rings is 1. The Kier molecular flexibility index (Phi) is 9.73. The van der Waals surface area contributed by atoms with Gasteiger partial charge in [-0.25, -0.2) is 4.98 Å². The number of hydrogen-bond donors (Lipinski definition) is 1. The summed E-state index contributed by atoms with van der Waals surface area (Å²) in [6.45, 7) is 4.46. The molecule has 0 unspecified atom stereocenters. The maximum Gasteiger partial charge on any atom is 0.248 e. The van der Waals surface area contributed by atoms with E-state index in [9.17, 15) is 9.90 Å². The van der Waals surface area contributed by atoms with Crippen molar-refractivity contribution in [3.8, 4) is 11.5 Å². The Morgan fingerprint density at radius 2 is 2.03 bits per heavy atom. The molecule has 0 aliphatic carbocycles. The van der Waals surface area contributed by atoms with E-state index in [0.717, 1.165) is 30.2 Å². The zero-order valence-electron chi connectivity index (χ0n) is 18.9. The van der Waals surface area contributed by atoms with Crippen molar-refractivity contribution in [2.75, 3.05) is 47.0 Å². The summed E-state index contributed by atoms with van der Waals surface area (Å²) in [7, 11) is 3.14. The molecule has 1 N–H and O–H groups in total. The number of ether oxygens (including phenoxy) is 3. The second-order valence-electron chi connectivity index (χ2n) is 7.82. The molecule has 0 spiro atoms. The molecule has 0 radical (unpaired) electrons. The summed E-state index contributed by atoms with van der Waals surface area (Å²) in [6.07, 6.45) is 3.74. The smallest absolute Gasteiger partial charge is 0.248 e. The molecule has 9 heteroatoms. The van der Waals surface area contributed by atoms with Gasteiger partial charge in [0.25, 0.3) is 0 Å². The number of rotatable bonds is 12. The number of carbonyl (C=O) groups excluding carboxylic acids is 1. The minimum Gasteiger partial charge on any atom is -0.493 e. The molecule has 1 aromatic carbocycles. The summed E-state index contributed by atoms with van der Waals surface area (Å²) in [5, 5.41) is 11.8. The molecule has 0 saturated carbocycles. The molecular weight excluding hydrogens is 430 g/mol. The average molecular weight is 464 g/mol. The number of aliphatic hydroxyl groups excluding tert-OH is 1. The molecule has 32 heavy (non-hydrogen) atoms. The standard InChI is InChI=1S/C23H33N3O5S/c1-29-16-23(28)26(11-10-25-8-4-3-5-9-25)13-18-6-7-20(30-2)21(12-18)31-15-22-24-19(14-27)17-32-22/h6-7,12,17,27H,3-5,8-11,13-16H2,1-2H3. The van der Waals surface area contributed by atoms with Crippen LogP contribution in [-0.2, 0) is 29.3 Å². The predicted molar refractivity (Wildman–Crippen MR) is 123 cm³/mol. The largest absolute Gasteiger partial charge is 0.493 e. The van der Waals surface area contributed by atoms with Gasteiger partial charge in [0, 0.05) is 32.1 Å². The Morgan fingerprint density at radius 3 is 2.72 bits per heavy atom. The Bertz CT molecular complexity index is 854. The van der Waals surface area contributed by atoms with E-state index in [0.29, 0.717) is 30.3 Å². The van der Waals surface area contributed by atoms with Gasteiger partial charge in [-0.15, -0.1) is 11.3 Å². The van der Waals surface area contributed by atoms with Gasteiger partial charge in [0.1, 0.15) is 18.2 Å². The monoisotopic (exact) mass is 463 g/mol. The first kappa shape index (κ1) is 24.4. The van der Waals surface area contributed by atoms with E-state index < -0.39 is 0 Å². The zero-order valence-corrected chi connectivity index (χ0v) is 19.7. The van der Waals surface area contributed by atoms with E-state index in [2.05, 4.69) is 9.88 Å². The van der Waals surface area contributed by atoms with Crippen LogP contribution in [0.25, 0.3) is 0 Å². The number of hydrogen-bond acceptors (Lipinski definition) is 8. The van der Waals surface area contributed by atoms with Crippen molar-refractivity contribution in [2.24, 2.45) is 0 Å². The van der Waals surface area contributed by atoms with Crippen molar-refractivity contribution in [2.45, 2.75) is 39.0 Å². The third kappa shape index (κ3) is 7.16. The second kappa shape index (κ2) is 12.7. The Morgan fingerprint density at radius 1 is 1.22 bits per heavy atom. The molecule has 2 aromatic rings. The average Bonchev–Trinajstić information content (AvgIpc) is 3.29. The molecule has 1 amide bonds. The van der Waals surface area contributed by atoms with E-state index in [4.69, 9.17) is 14.2 Å². The third-order valence-corrected chi connectivity index (χ3v) is 6.34. The first-order valence-corrected chi connectivity index (χ1v) is 11.8. The molecule has 1 saturated heterocycles. The van der Waals surface area contributed by atoms with Gasteiger partial charge in [0.15, 0.2) is 11.5 Å². The van der Waals surface area contributed by atoms with Gasteiger partial charge < -0.3 is 29.1 Å². The van der Waals surface area contributed by atoms with E-state index in [1.54, 1.807) is 14.2 Å². The fourth-order valence-electron chi connectivity index (χ4n) is 3.73. The number of aliphatic hydroxyl groups is 1. The number of benzene rings is 1. The SMILES string of the molecule is COCC(=O)N(CCN1CCCCC1)Cc1ccc(OC)c(OCc2nc(CO)cs2)c1. The van der Waals surface area contributed by atoms with Gasteiger partial charge in [-0.3, -0.25) is 4.79 Å². The summed E-state index contributed by atoms with van der Waals surface area (Å²) in [6, 6.07) is 5.72. The zero-order chi connectivity index (χ0) is 22.8. The topological polar surface area (TPSA) is 84.4 Å². The van der Waals surface area contributed by atoms with Gasteiger partial charge in [0.2, 0.25) is 5.91 Å². The fourth-order valence-corrected chi connectivity index (χ4v) is 4.43. The first-order chi connectivity index (χ1) is 15.6. The highest BCUT2D eigenvalue weighted by Crippen LogP contribution is 2.30. The van der Waals surface area contributed by atoms with Gasteiger partial charge in [-0.1, -0.05) is 12.5 Å². The number of thiazole rings is 1. The highest BCUT2D eigenvalue weighted by atomic mass is 32.1. The van der Waals surface area contributed by atoms with Crippen LogP contribution in [0.3, 0.4) is 0 Å². The van der Waals surface area contributed by atoms with E-state index in [1.807, 2.05) is 28.5 Å². The molecule has 8 nitrogen and oxygen atoms in total. The Balaban J connectivity index is 1.67. The molecule has 2 heterocycles. The summed E-state index contributed by atoms with van der Waals surface area (Å²) < 4.78 is 16.5. The normalized spacial score (nSPS) is 14.3. The van der Waals surface area contributed by atoms with E-state index in [1.165, 1.54) is 30.6 Å². The van der Waals surface area contributed by atoms with E-state index >= 15 is 0 Å². The van der Waals surface area contributed by atoms with Crippen molar-refractivity contribution in [1.29, 1.82) is 0 Å². The van der Waals surface area contributed by atoms with Crippen molar-refractivity contribution in [3.63, 3.8) is 0 Å². The van der Waals surface area contributed by atoms with Crippen LogP contribution in [0.15, 0.2) is 23.6 Å². The van der Waals surface area contributed by atoms with Crippen LogP contribution in [0, 0.1) is 0 Å². The van der Waals surface area contributed by atoms with Crippen molar-refractivity contribution < 1.29 is 24.1 Å². The lowest BCUT2D eigenvalue weighted by atomic mass is 10.1. The van der Waals surface area contributed by atoms with Crippen LogP contribution in [0.5, 0.6) is 11.5 Å². The molecule has 176 valence electrons.